The molecule has 0 unspecified atom stereocenters. The Morgan fingerprint density at radius 3 is 2.17 bits per heavy atom. The number of nitrogen functional groups attached to an aromatic ring is 1. The minimum atomic E-state index is 0.568. The number of rotatable bonds is 3. The minimum Gasteiger partial charge on any atom is -0.488 e. The Morgan fingerprint density at radius 2 is 1.61 bits per heavy atom. The summed E-state index contributed by atoms with van der Waals surface area (Å²) < 4.78 is 6.95. The molecule has 0 aliphatic rings. The molecule has 94 valence electrons. The quantitative estimate of drug-likeness (QED) is 0.861. The molecule has 18 heavy (non-hydrogen) atoms. The van der Waals surface area contributed by atoms with Crippen LogP contribution in [0.4, 0.5) is 5.69 Å². The summed E-state index contributed by atoms with van der Waals surface area (Å²) in [7, 11) is 0. The van der Waals surface area contributed by atoms with E-state index in [1.165, 1.54) is 0 Å². The van der Waals surface area contributed by atoms with Gasteiger partial charge in [-0.2, -0.15) is 0 Å². The van der Waals surface area contributed by atoms with Crippen LogP contribution in [0.5, 0.6) is 5.75 Å². The maximum absolute atomic E-state index is 5.88. The van der Waals surface area contributed by atoms with Gasteiger partial charge in [-0.25, -0.2) is 0 Å². The van der Waals surface area contributed by atoms with Crippen LogP contribution in [0.3, 0.4) is 0 Å². The maximum Gasteiger partial charge on any atom is 0.125 e. The number of nitrogens with two attached hydrogens (primary N) is 1. The first-order valence-corrected chi connectivity index (χ1v) is 6.59. The van der Waals surface area contributed by atoms with Crippen molar-refractivity contribution >= 4 is 21.6 Å². The van der Waals surface area contributed by atoms with E-state index in [4.69, 9.17) is 10.5 Å². The van der Waals surface area contributed by atoms with E-state index < -0.39 is 0 Å². The number of benzene rings is 2. The van der Waals surface area contributed by atoms with Gasteiger partial charge in [-0.05, 0) is 54.8 Å². The Morgan fingerprint density at radius 1 is 1.06 bits per heavy atom. The van der Waals surface area contributed by atoms with Gasteiger partial charge >= 0.3 is 0 Å². The number of hydrogen-bond acceptors (Lipinski definition) is 2. The largest absolute Gasteiger partial charge is 0.488 e. The first kappa shape index (κ1) is 13.0. The van der Waals surface area contributed by atoms with E-state index >= 15 is 0 Å². The Balaban J connectivity index is 2.13. The summed E-state index contributed by atoms with van der Waals surface area (Å²) in [5, 5.41) is 0. The Labute approximate surface area is 116 Å². The fourth-order valence-corrected chi connectivity index (χ4v) is 2.21. The summed E-state index contributed by atoms with van der Waals surface area (Å²) in [6.45, 7) is 4.60. The number of anilines is 1. The van der Waals surface area contributed by atoms with Crippen molar-refractivity contribution in [2.24, 2.45) is 0 Å². The summed E-state index contributed by atoms with van der Waals surface area (Å²) in [6, 6.07) is 12.0. The molecule has 0 amide bonds. The van der Waals surface area contributed by atoms with Gasteiger partial charge in [0.1, 0.15) is 12.4 Å². The molecule has 0 aromatic heterocycles. The summed E-state index contributed by atoms with van der Waals surface area (Å²) >= 11 is 3.42. The number of hydrogen-bond donors (Lipinski definition) is 1. The monoisotopic (exact) mass is 305 g/mol. The minimum absolute atomic E-state index is 0.568. The van der Waals surface area contributed by atoms with Crippen LogP contribution in [0.25, 0.3) is 0 Å². The highest BCUT2D eigenvalue weighted by Gasteiger charge is 2.05. The first-order chi connectivity index (χ1) is 8.56. The van der Waals surface area contributed by atoms with E-state index in [1.54, 1.807) is 0 Å². The molecule has 0 saturated heterocycles. The van der Waals surface area contributed by atoms with Crippen LogP contribution in [0, 0.1) is 13.8 Å². The van der Waals surface area contributed by atoms with Crippen LogP contribution in [0.1, 0.15) is 16.7 Å². The van der Waals surface area contributed by atoms with Crippen LogP contribution in [0.15, 0.2) is 40.9 Å². The lowest BCUT2D eigenvalue weighted by molar-refractivity contribution is 0.302. The second-order valence-electron chi connectivity index (χ2n) is 4.40. The van der Waals surface area contributed by atoms with E-state index in [-0.39, 0.29) is 0 Å². The van der Waals surface area contributed by atoms with Crippen LogP contribution in [0.2, 0.25) is 0 Å². The second kappa shape index (κ2) is 5.44. The molecule has 0 saturated carbocycles. The fraction of sp³-hybridized carbons (Fsp3) is 0.200. The third-order valence-corrected chi connectivity index (χ3v) is 3.31. The molecule has 0 aliphatic heterocycles. The molecule has 0 heterocycles. The first-order valence-electron chi connectivity index (χ1n) is 5.80. The van der Waals surface area contributed by atoms with Crippen molar-refractivity contribution in [1.82, 2.24) is 0 Å². The number of halogens is 1. The smallest absolute Gasteiger partial charge is 0.125 e. The molecular formula is C15H16BrNO. The number of ether oxygens (including phenoxy) is 1. The Kier molecular flexibility index (Phi) is 3.92. The highest BCUT2D eigenvalue weighted by atomic mass is 79.9. The summed E-state index contributed by atoms with van der Waals surface area (Å²) in [4.78, 5) is 0. The average molecular weight is 306 g/mol. The van der Waals surface area contributed by atoms with E-state index in [0.717, 1.165) is 32.6 Å². The predicted molar refractivity (Wildman–Crippen MR) is 78.8 cm³/mol. The normalized spacial score (nSPS) is 10.4. The van der Waals surface area contributed by atoms with Gasteiger partial charge in [0.05, 0.1) is 0 Å². The SMILES string of the molecule is Cc1cc(N)cc(C)c1OCc1ccc(Br)cc1. The molecule has 2 aromatic carbocycles. The van der Waals surface area contributed by atoms with Gasteiger partial charge in [0.2, 0.25) is 0 Å². The predicted octanol–water partition coefficient (Wildman–Crippen LogP) is 4.23. The third kappa shape index (κ3) is 3.05. The van der Waals surface area contributed by atoms with Gasteiger partial charge in [-0.1, -0.05) is 28.1 Å². The average Bonchev–Trinajstić information content (AvgIpc) is 2.30. The van der Waals surface area contributed by atoms with Crippen molar-refractivity contribution in [3.8, 4) is 5.75 Å². The van der Waals surface area contributed by atoms with Crippen molar-refractivity contribution < 1.29 is 4.74 Å². The van der Waals surface area contributed by atoms with Gasteiger partial charge in [-0.3, -0.25) is 0 Å². The third-order valence-electron chi connectivity index (χ3n) is 2.78. The van der Waals surface area contributed by atoms with E-state index in [0.29, 0.717) is 6.61 Å². The van der Waals surface area contributed by atoms with Crippen molar-refractivity contribution in [3.05, 3.63) is 57.6 Å². The van der Waals surface area contributed by atoms with Crippen molar-refractivity contribution in [1.29, 1.82) is 0 Å². The zero-order valence-electron chi connectivity index (χ0n) is 10.5. The molecule has 0 radical (unpaired) electrons. The summed E-state index contributed by atoms with van der Waals surface area (Å²) in [6.07, 6.45) is 0. The lowest BCUT2D eigenvalue weighted by atomic mass is 10.1. The molecule has 2 aromatic rings. The lowest BCUT2D eigenvalue weighted by Crippen LogP contribution is -2.00. The maximum atomic E-state index is 5.88. The summed E-state index contributed by atoms with van der Waals surface area (Å²) in [5.74, 6) is 0.923. The van der Waals surface area contributed by atoms with Gasteiger partial charge in [0.25, 0.3) is 0 Å². The van der Waals surface area contributed by atoms with Crippen LogP contribution < -0.4 is 10.5 Å². The molecule has 0 fully saturated rings. The highest BCUT2D eigenvalue weighted by molar-refractivity contribution is 9.10. The summed E-state index contributed by atoms with van der Waals surface area (Å²) in [5.41, 5.74) is 9.86. The van der Waals surface area contributed by atoms with Crippen LogP contribution in [-0.4, -0.2) is 0 Å². The van der Waals surface area contributed by atoms with Gasteiger partial charge < -0.3 is 10.5 Å². The van der Waals surface area contributed by atoms with Gasteiger partial charge in [0, 0.05) is 10.2 Å². The fourth-order valence-electron chi connectivity index (χ4n) is 1.95. The standard InChI is InChI=1S/C15H16BrNO/c1-10-7-14(17)8-11(2)15(10)18-9-12-3-5-13(16)6-4-12/h3-8H,9,17H2,1-2H3. The Hall–Kier alpha value is -1.48. The lowest BCUT2D eigenvalue weighted by Gasteiger charge is -2.13. The molecule has 0 aliphatic carbocycles. The van der Waals surface area contributed by atoms with E-state index in [2.05, 4.69) is 15.9 Å². The van der Waals surface area contributed by atoms with Gasteiger partial charge in [-0.15, -0.1) is 0 Å². The van der Waals surface area contributed by atoms with Gasteiger partial charge in [0.15, 0.2) is 0 Å². The topological polar surface area (TPSA) is 35.2 Å². The van der Waals surface area contributed by atoms with Crippen LogP contribution in [-0.2, 0) is 6.61 Å². The van der Waals surface area contributed by atoms with Crippen molar-refractivity contribution in [2.75, 3.05) is 5.73 Å². The zero-order valence-corrected chi connectivity index (χ0v) is 12.1. The van der Waals surface area contributed by atoms with Crippen molar-refractivity contribution in [2.45, 2.75) is 20.5 Å². The Bertz CT molecular complexity index is 526. The molecule has 0 bridgehead atoms. The molecule has 2 rings (SSSR count). The second-order valence-corrected chi connectivity index (χ2v) is 5.31. The van der Waals surface area contributed by atoms with E-state index in [9.17, 15) is 0 Å². The van der Waals surface area contributed by atoms with E-state index in [1.807, 2.05) is 50.2 Å². The molecule has 0 atom stereocenters. The zero-order chi connectivity index (χ0) is 13.1. The number of aryl methyl sites for hydroxylation is 2. The van der Waals surface area contributed by atoms with Crippen molar-refractivity contribution in [3.63, 3.8) is 0 Å². The molecule has 2 N–H and O–H groups in total. The molecule has 3 heteroatoms. The molecular weight excluding hydrogens is 290 g/mol. The van der Waals surface area contributed by atoms with Crippen LogP contribution >= 0.6 is 15.9 Å². The highest BCUT2D eigenvalue weighted by Crippen LogP contribution is 2.26. The molecule has 2 nitrogen and oxygen atoms in total. The molecule has 0 spiro atoms.